The van der Waals surface area contributed by atoms with Gasteiger partial charge in [-0.15, -0.1) is 0 Å². The summed E-state index contributed by atoms with van der Waals surface area (Å²) in [5.74, 6) is -1.22. The summed E-state index contributed by atoms with van der Waals surface area (Å²) in [5.41, 5.74) is 13.6. The lowest BCUT2D eigenvalue weighted by Crippen LogP contribution is -2.53. The largest absolute Gasteiger partial charge is 0.375 e. The van der Waals surface area contributed by atoms with E-state index in [0.29, 0.717) is 74.1 Å². The van der Waals surface area contributed by atoms with Crippen molar-refractivity contribution in [2.45, 2.75) is 82.5 Å². The van der Waals surface area contributed by atoms with E-state index in [1.54, 1.807) is 40.1 Å². The van der Waals surface area contributed by atoms with Gasteiger partial charge in [0.25, 0.3) is 5.91 Å². The molecule has 4 amide bonds. The summed E-state index contributed by atoms with van der Waals surface area (Å²) in [5, 5.41) is 6.33. The molecule has 2 aromatic carbocycles. The van der Waals surface area contributed by atoms with Gasteiger partial charge in [-0.1, -0.05) is 37.5 Å². The van der Waals surface area contributed by atoms with Crippen LogP contribution in [0.15, 0.2) is 42.5 Å². The Hall–Kier alpha value is -4.20. The van der Waals surface area contributed by atoms with E-state index in [-0.39, 0.29) is 42.0 Å². The van der Waals surface area contributed by atoms with Crippen molar-refractivity contribution in [3.63, 3.8) is 0 Å². The van der Waals surface area contributed by atoms with Crippen LogP contribution in [-0.4, -0.2) is 126 Å². The van der Waals surface area contributed by atoms with Gasteiger partial charge in [0, 0.05) is 52.4 Å². The maximum Gasteiger partial charge on any atom is 0.256 e. The second-order valence-corrected chi connectivity index (χ2v) is 15.2. The number of rotatable bonds is 11. The van der Waals surface area contributed by atoms with Crippen molar-refractivity contribution in [3.05, 3.63) is 70.5 Å². The van der Waals surface area contributed by atoms with Crippen LogP contribution < -0.4 is 16.9 Å². The Balaban J connectivity index is 0.904. The summed E-state index contributed by atoms with van der Waals surface area (Å²) >= 11 is 0. The number of amides is 4. The Morgan fingerprint density at radius 2 is 1.36 bits per heavy atom. The number of benzene rings is 2. The minimum Gasteiger partial charge on any atom is -0.375 e. The van der Waals surface area contributed by atoms with Crippen LogP contribution in [0.4, 0.5) is 4.39 Å². The molecule has 1 unspecified atom stereocenters. The summed E-state index contributed by atoms with van der Waals surface area (Å²) in [6.45, 7) is 4.62. The molecule has 1 atom stereocenters. The molecule has 0 spiro atoms. The molecule has 1 saturated carbocycles. The minimum atomic E-state index is -0.629. The molecule has 0 aromatic heterocycles. The summed E-state index contributed by atoms with van der Waals surface area (Å²) in [6.07, 6.45) is 9.56. The zero-order valence-electron chi connectivity index (χ0n) is 30.7. The summed E-state index contributed by atoms with van der Waals surface area (Å²) in [4.78, 5) is 59.0. The van der Waals surface area contributed by atoms with E-state index in [2.05, 4.69) is 4.90 Å². The number of hydrogen-bond acceptors (Lipinski definition) is 7. The molecule has 13 heteroatoms. The number of carbonyl (C=O) groups is 4. The molecule has 286 valence electrons. The number of halogens is 1. The smallest absolute Gasteiger partial charge is 0.256 e. The standard InChI is InChI=1S/C40H54FN7O5/c41-34-11-10-27(25-35(42)31-8-4-5-9-32(31)38(44)50)24-33(34)39(51)48-22-20-46(21-23-48)36(49)26-45-16-12-29(13-17-45)53-30-14-18-47(19-15-30)40(52)37(43)28-6-2-1-3-7-28/h4-5,8-11,24,28-30,37,42H,1-3,6-7,12-23,25-26,43H2,(H2,44,50)/p+1. The second kappa shape index (κ2) is 17.7. The Kier molecular flexibility index (Phi) is 12.9. The number of nitrogens with zero attached hydrogens (tertiary/aromatic N) is 4. The number of nitrogens with two attached hydrogens (primary N) is 3. The third-order valence-electron chi connectivity index (χ3n) is 11.6. The highest BCUT2D eigenvalue weighted by molar-refractivity contribution is 6.08. The van der Waals surface area contributed by atoms with E-state index in [0.717, 1.165) is 51.6 Å². The first-order valence-corrected chi connectivity index (χ1v) is 19.4. The number of likely N-dealkylation sites (tertiary alicyclic amines) is 2. The lowest BCUT2D eigenvalue weighted by atomic mass is 9.83. The molecular formula is C40H55FN7O5+. The zero-order valence-corrected chi connectivity index (χ0v) is 30.7. The first-order valence-electron chi connectivity index (χ1n) is 19.4. The second-order valence-electron chi connectivity index (χ2n) is 15.2. The molecule has 3 heterocycles. The Bertz CT molecular complexity index is 1640. The van der Waals surface area contributed by atoms with Gasteiger partial charge in [0.2, 0.25) is 17.7 Å². The van der Waals surface area contributed by atoms with E-state index < -0.39 is 17.6 Å². The predicted molar refractivity (Wildman–Crippen MR) is 198 cm³/mol. The lowest BCUT2D eigenvalue weighted by molar-refractivity contribution is -0.139. The van der Waals surface area contributed by atoms with Crippen LogP contribution in [0.3, 0.4) is 0 Å². The number of carbonyl (C=O) groups excluding carboxylic acids is 4. The van der Waals surface area contributed by atoms with Crippen LogP contribution >= 0.6 is 0 Å². The summed E-state index contributed by atoms with van der Waals surface area (Å²) < 4.78 is 21.4. The minimum absolute atomic E-state index is 0.0235. The number of piperazine rings is 1. The Labute approximate surface area is 311 Å². The molecule has 6 N–H and O–H groups in total. The normalized spacial score (nSPS) is 20.3. The van der Waals surface area contributed by atoms with E-state index in [1.807, 2.05) is 4.90 Å². The number of primary amides is 1. The average Bonchev–Trinajstić information content (AvgIpc) is 3.19. The molecule has 1 aliphatic carbocycles. The van der Waals surface area contributed by atoms with E-state index in [4.69, 9.17) is 21.6 Å². The van der Waals surface area contributed by atoms with Gasteiger partial charge in [-0.2, -0.15) is 0 Å². The molecule has 12 nitrogen and oxygen atoms in total. The molecule has 3 aliphatic heterocycles. The highest BCUT2D eigenvalue weighted by Gasteiger charge is 2.34. The fourth-order valence-corrected chi connectivity index (χ4v) is 8.35. The molecule has 4 fully saturated rings. The summed E-state index contributed by atoms with van der Waals surface area (Å²) in [6, 6.07) is 10.7. The lowest BCUT2D eigenvalue weighted by Gasteiger charge is -2.39. The van der Waals surface area contributed by atoms with Gasteiger partial charge >= 0.3 is 0 Å². The molecule has 53 heavy (non-hydrogen) atoms. The first kappa shape index (κ1) is 38.5. The van der Waals surface area contributed by atoms with Gasteiger partial charge in [0.15, 0.2) is 5.71 Å². The van der Waals surface area contributed by atoms with Gasteiger partial charge in [-0.05, 0) is 74.3 Å². The van der Waals surface area contributed by atoms with Crippen molar-refractivity contribution in [1.82, 2.24) is 19.6 Å². The monoisotopic (exact) mass is 732 g/mol. The van der Waals surface area contributed by atoms with E-state index >= 15 is 0 Å². The van der Waals surface area contributed by atoms with Crippen molar-refractivity contribution in [2.24, 2.45) is 17.4 Å². The average molecular weight is 733 g/mol. The Morgan fingerprint density at radius 3 is 2.00 bits per heavy atom. The topological polar surface area (TPSA) is 168 Å². The van der Waals surface area contributed by atoms with Gasteiger partial charge in [0.1, 0.15) is 5.82 Å². The number of piperidine rings is 2. The van der Waals surface area contributed by atoms with E-state index in [9.17, 15) is 23.6 Å². The Morgan fingerprint density at radius 1 is 0.755 bits per heavy atom. The fraction of sp³-hybridized carbons (Fsp3) is 0.575. The van der Waals surface area contributed by atoms with Crippen LogP contribution in [0.25, 0.3) is 0 Å². The van der Waals surface area contributed by atoms with E-state index in [1.165, 1.54) is 31.4 Å². The van der Waals surface area contributed by atoms with Crippen LogP contribution in [0, 0.1) is 11.7 Å². The highest BCUT2D eigenvalue weighted by atomic mass is 19.1. The van der Waals surface area contributed by atoms with Crippen LogP contribution in [0.5, 0.6) is 0 Å². The van der Waals surface area contributed by atoms with Gasteiger partial charge in [-0.3, -0.25) is 29.5 Å². The quantitative estimate of drug-likeness (QED) is 0.294. The molecule has 3 saturated heterocycles. The highest BCUT2D eigenvalue weighted by Crippen LogP contribution is 2.28. The van der Waals surface area contributed by atoms with Gasteiger partial charge in [0.05, 0.1) is 47.9 Å². The van der Waals surface area contributed by atoms with Crippen molar-refractivity contribution >= 4 is 29.3 Å². The third kappa shape index (κ3) is 9.68. The molecule has 2 aromatic rings. The molecule has 0 radical (unpaired) electrons. The van der Waals surface area contributed by atoms with Crippen LogP contribution in [0.1, 0.15) is 89.6 Å². The fourth-order valence-electron chi connectivity index (χ4n) is 8.35. The van der Waals surface area contributed by atoms with Crippen molar-refractivity contribution < 1.29 is 33.7 Å². The van der Waals surface area contributed by atoms with Crippen molar-refractivity contribution in [3.8, 4) is 0 Å². The molecule has 4 aliphatic rings. The van der Waals surface area contributed by atoms with Crippen LogP contribution in [-0.2, 0) is 20.7 Å². The first-order chi connectivity index (χ1) is 25.6. The molecule has 0 bridgehead atoms. The zero-order chi connectivity index (χ0) is 37.5. The predicted octanol–water partition coefficient (Wildman–Crippen LogP) is 1.38. The maximum atomic E-state index is 14.9. The SMILES string of the molecule is NC(=O)c1ccccc1C(=[NH2+])Cc1ccc(F)c(C(=O)N2CCN(C(=O)CN3CCC(OC4CCN(C(=O)C(N)C5CCCCC5)CC4)CC3)CC2)c1. The van der Waals surface area contributed by atoms with Crippen molar-refractivity contribution in [2.75, 3.05) is 58.9 Å². The van der Waals surface area contributed by atoms with Gasteiger partial charge in [-0.25, -0.2) is 4.39 Å². The maximum absolute atomic E-state index is 14.9. The van der Waals surface area contributed by atoms with Crippen molar-refractivity contribution in [1.29, 1.82) is 0 Å². The summed E-state index contributed by atoms with van der Waals surface area (Å²) in [7, 11) is 0. The number of ether oxygens (including phenoxy) is 1. The third-order valence-corrected chi connectivity index (χ3v) is 11.6. The van der Waals surface area contributed by atoms with Gasteiger partial charge < -0.3 is 30.9 Å². The molecular weight excluding hydrogens is 677 g/mol. The molecule has 6 rings (SSSR count). The number of hydrogen-bond donors (Lipinski definition) is 3. The van der Waals surface area contributed by atoms with Crippen LogP contribution in [0.2, 0.25) is 0 Å².